The molecule has 1 aliphatic rings. The number of nitrogens with zero attached hydrogens (tertiary/aromatic N) is 4. The molecule has 0 radical (unpaired) electrons. The molecule has 1 aromatic carbocycles. The van der Waals surface area contributed by atoms with Crippen molar-refractivity contribution in [2.75, 3.05) is 27.2 Å². The van der Waals surface area contributed by atoms with Crippen LogP contribution in [0.25, 0.3) is 11.0 Å². The zero-order chi connectivity index (χ0) is 19.1. The van der Waals surface area contributed by atoms with Gasteiger partial charge in [-0.15, -0.1) is 0 Å². The second kappa shape index (κ2) is 7.29. The Balaban J connectivity index is 1.96. The van der Waals surface area contributed by atoms with E-state index in [0.717, 1.165) is 43.0 Å². The molecular formula is C19H30N4O2S. The van der Waals surface area contributed by atoms with Crippen molar-refractivity contribution < 1.29 is 8.42 Å². The average molecular weight is 379 g/mol. The van der Waals surface area contributed by atoms with E-state index < -0.39 is 10.0 Å². The lowest BCUT2D eigenvalue weighted by molar-refractivity contribution is 0.130. The smallest absolute Gasteiger partial charge is 0.242 e. The number of hydrogen-bond acceptors (Lipinski definition) is 4. The van der Waals surface area contributed by atoms with Gasteiger partial charge in [0.15, 0.2) is 0 Å². The number of aryl methyl sites for hydroxylation is 1. The lowest BCUT2D eigenvalue weighted by Gasteiger charge is -2.34. The lowest BCUT2D eigenvalue weighted by atomic mass is 9.92. The Morgan fingerprint density at radius 3 is 2.42 bits per heavy atom. The molecular weight excluding hydrogens is 348 g/mol. The number of benzene rings is 1. The van der Waals surface area contributed by atoms with Crippen LogP contribution >= 0.6 is 0 Å². The zero-order valence-corrected chi connectivity index (χ0v) is 17.3. The molecule has 2 atom stereocenters. The largest absolute Gasteiger partial charge is 0.327 e. The number of piperidine rings is 1. The number of sulfonamides is 1. The van der Waals surface area contributed by atoms with Gasteiger partial charge in [0.1, 0.15) is 5.82 Å². The van der Waals surface area contributed by atoms with E-state index in [-0.39, 0.29) is 0 Å². The van der Waals surface area contributed by atoms with Crippen LogP contribution in [0.15, 0.2) is 23.1 Å². The first-order valence-electron chi connectivity index (χ1n) is 9.36. The molecule has 144 valence electrons. The summed E-state index contributed by atoms with van der Waals surface area (Å²) in [5.41, 5.74) is 1.75. The highest BCUT2D eigenvalue weighted by molar-refractivity contribution is 7.89. The van der Waals surface area contributed by atoms with Crippen molar-refractivity contribution in [2.45, 2.75) is 45.2 Å². The maximum atomic E-state index is 12.4. The standard InChI is InChI=1S/C19H30N4O2S/c1-6-23-18-8-7-16(26(24,25)21(4)5)10-17(18)20-19(23)13-22-11-14(2)9-15(3)12-22/h7-8,10,14-15H,6,9,11-13H2,1-5H3/t14-,15-/m1/s1. The van der Waals surface area contributed by atoms with Crippen LogP contribution in [0.3, 0.4) is 0 Å². The minimum atomic E-state index is -3.45. The molecule has 2 aromatic rings. The van der Waals surface area contributed by atoms with Crippen LogP contribution in [-0.4, -0.2) is 54.4 Å². The summed E-state index contributed by atoms with van der Waals surface area (Å²) < 4.78 is 28.3. The molecule has 0 amide bonds. The zero-order valence-electron chi connectivity index (χ0n) is 16.4. The van der Waals surface area contributed by atoms with Crippen molar-refractivity contribution >= 4 is 21.1 Å². The topological polar surface area (TPSA) is 58.4 Å². The van der Waals surface area contributed by atoms with Gasteiger partial charge in [0.2, 0.25) is 10.0 Å². The first-order valence-corrected chi connectivity index (χ1v) is 10.8. The molecule has 2 heterocycles. The lowest BCUT2D eigenvalue weighted by Crippen LogP contribution is -2.38. The molecule has 1 saturated heterocycles. The van der Waals surface area contributed by atoms with Crippen LogP contribution in [0.4, 0.5) is 0 Å². The number of likely N-dealkylation sites (tertiary alicyclic amines) is 1. The van der Waals surface area contributed by atoms with Gasteiger partial charge in [-0.3, -0.25) is 4.90 Å². The van der Waals surface area contributed by atoms with Crippen molar-refractivity contribution in [1.29, 1.82) is 0 Å². The van der Waals surface area contributed by atoms with E-state index in [1.807, 2.05) is 6.07 Å². The van der Waals surface area contributed by atoms with Gasteiger partial charge < -0.3 is 4.57 Å². The van der Waals surface area contributed by atoms with Gasteiger partial charge in [-0.05, 0) is 43.4 Å². The van der Waals surface area contributed by atoms with Gasteiger partial charge in [0.05, 0.1) is 22.5 Å². The number of rotatable bonds is 5. The summed E-state index contributed by atoms with van der Waals surface area (Å²) in [6, 6.07) is 5.26. The highest BCUT2D eigenvalue weighted by Gasteiger charge is 2.24. The Hall–Kier alpha value is -1.44. The Kier molecular flexibility index (Phi) is 5.42. The van der Waals surface area contributed by atoms with E-state index in [9.17, 15) is 8.42 Å². The number of imidazole rings is 1. The molecule has 1 fully saturated rings. The van der Waals surface area contributed by atoms with Crippen molar-refractivity contribution in [3.8, 4) is 0 Å². The second-order valence-corrected chi connectivity index (χ2v) is 10.0. The molecule has 26 heavy (non-hydrogen) atoms. The fraction of sp³-hybridized carbons (Fsp3) is 0.632. The predicted octanol–water partition coefficient (Wildman–Crippen LogP) is 2.78. The minimum Gasteiger partial charge on any atom is -0.327 e. The third kappa shape index (κ3) is 3.66. The SMILES string of the molecule is CCn1c(CN2C[C@H](C)C[C@@H](C)C2)nc2cc(S(=O)(=O)N(C)C)ccc21. The molecule has 0 spiro atoms. The Morgan fingerprint density at radius 2 is 1.85 bits per heavy atom. The van der Waals surface area contributed by atoms with Gasteiger partial charge in [0, 0.05) is 33.7 Å². The van der Waals surface area contributed by atoms with E-state index in [2.05, 4.69) is 30.2 Å². The minimum absolute atomic E-state index is 0.294. The summed E-state index contributed by atoms with van der Waals surface area (Å²) in [6.07, 6.45) is 1.28. The van der Waals surface area contributed by atoms with E-state index >= 15 is 0 Å². The van der Waals surface area contributed by atoms with Gasteiger partial charge in [-0.2, -0.15) is 0 Å². The van der Waals surface area contributed by atoms with Gasteiger partial charge in [-0.1, -0.05) is 13.8 Å². The molecule has 0 bridgehead atoms. The maximum absolute atomic E-state index is 12.4. The normalized spacial score (nSPS) is 22.4. The number of fused-ring (bicyclic) bond motifs is 1. The van der Waals surface area contributed by atoms with Crippen molar-refractivity contribution in [1.82, 2.24) is 18.8 Å². The third-order valence-corrected chi connectivity index (χ3v) is 7.01. The summed E-state index contributed by atoms with van der Waals surface area (Å²) in [5, 5.41) is 0. The van der Waals surface area contributed by atoms with E-state index in [4.69, 9.17) is 4.98 Å². The van der Waals surface area contributed by atoms with Crippen molar-refractivity contribution in [3.63, 3.8) is 0 Å². The van der Waals surface area contributed by atoms with Crippen molar-refractivity contribution in [2.24, 2.45) is 11.8 Å². The first-order chi connectivity index (χ1) is 12.2. The molecule has 0 N–H and O–H groups in total. The quantitative estimate of drug-likeness (QED) is 0.803. The van der Waals surface area contributed by atoms with Crippen LogP contribution < -0.4 is 0 Å². The second-order valence-electron chi connectivity index (χ2n) is 7.85. The molecule has 3 rings (SSSR count). The van der Waals surface area contributed by atoms with Crippen LogP contribution in [0.1, 0.15) is 33.0 Å². The third-order valence-electron chi connectivity index (χ3n) is 5.20. The molecule has 0 saturated carbocycles. The van der Waals surface area contributed by atoms with E-state index in [1.54, 1.807) is 26.2 Å². The van der Waals surface area contributed by atoms with Gasteiger partial charge >= 0.3 is 0 Å². The number of hydrogen-bond donors (Lipinski definition) is 0. The predicted molar refractivity (Wildman–Crippen MR) is 105 cm³/mol. The highest BCUT2D eigenvalue weighted by atomic mass is 32.2. The summed E-state index contributed by atoms with van der Waals surface area (Å²) >= 11 is 0. The summed E-state index contributed by atoms with van der Waals surface area (Å²) in [5.74, 6) is 2.42. The van der Waals surface area contributed by atoms with Crippen LogP contribution in [0.5, 0.6) is 0 Å². The molecule has 1 aromatic heterocycles. The average Bonchev–Trinajstić information content (AvgIpc) is 2.89. The Bertz CT molecular complexity index is 878. The van der Waals surface area contributed by atoms with Crippen LogP contribution in [0, 0.1) is 11.8 Å². The summed E-state index contributed by atoms with van der Waals surface area (Å²) in [4.78, 5) is 7.57. The number of aromatic nitrogens is 2. The molecule has 0 unspecified atom stereocenters. The molecule has 6 nitrogen and oxygen atoms in total. The van der Waals surface area contributed by atoms with Crippen LogP contribution in [0.2, 0.25) is 0 Å². The van der Waals surface area contributed by atoms with Gasteiger partial charge in [-0.25, -0.2) is 17.7 Å². The van der Waals surface area contributed by atoms with Crippen molar-refractivity contribution in [3.05, 3.63) is 24.0 Å². The van der Waals surface area contributed by atoms with Crippen LogP contribution in [-0.2, 0) is 23.1 Å². The van der Waals surface area contributed by atoms with E-state index in [1.165, 1.54) is 10.7 Å². The molecule has 0 aliphatic carbocycles. The molecule has 1 aliphatic heterocycles. The summed E-state index contributed by atoms with van der Waals surface area (Å²) in [6.45, 7) is 10.6. The Morgan fingerprint density at radius 1 is 1.19 bits per heavy atom. The first kappa shape index (κ1) is 19.3. The van der Waals surface area contributed by atoms with Gasteiger partial charge in [0.25, 0.3) is 0 Å². The monoisotopic (exact) mass is 378 g/mol. The Labute approximate surface area is 156 Å². The fourth-order valence-electron chi connectivity index (χ4n) is 4.13. The highest BCUT2D eigenvalue weighted by Crippen LogP contribution is 2.25. The molecule has 7 heteroatoms. The van der Waals surface area contributed by atoms with E-state index in [0.29, 0.717) is 16.7 Å². The fourth-order valence-corrected chi connectivity index (χ4v) is 5.05. The summed E-state index contributed by atoms with van der Waals surface area (Å²) in [7, 11) is -0.347. The maximum Gasteiger partial charge on any atom is 0.242 e.